The van der Waals surface area contributed by atoms with Crippen molar-refractivity contribution in [1.29, 1.82) is 5.26 Å². The average Bonchev–Trinajstić information content (AvgIpc) is 2.99. The lowest BCUT2D eigenvalue weighted by atomic mass is 9.93. The number of nitriles is 1. The van der Waals surface area contributed by atoms with Crippen LogP contribution in [0.2, 0.25) is 5.02 Å². The van der Waals surface area contributed by atoms with Gasteiger partial charge in [0.1, 0.15) is 21.7 Å². The molecule has 1 aliphatic carbocycles. The molecule has 1 saturated carbocycles. The van der Waals surface area contributed by atoms with Crippen molar-refractivity contribution >= 4 is 58.4 Å². The van der Waals surface area contributed by atoms with Gasteiger partial charge in [0.15, 0.2) is 0 Å². The van der Waals surface area contributed by atoms with Crippen LogP contribution in [-0.4, -0.2) is 33.0 Å². The van der Waals surface area contributed by atoms with Crippen LogP contribution in [0.4, 0.5) is 5.69 Å². The van der Waals surface area contributed by atoms with E-state index in [0.717, 1.165) is 22.8 Å². The Labute approximate surface area is 202 Å². The quantitative estimate of drug-likeness (QED) is 0.229. The number of halogens is 3. The van der Waals surface area contributed by atoms with Gasteiger partial charge < -0.3 is 9.64 Å². The normalized spacial score (nSPS) is 22.0. The maximum Gasteiger partial charge on any atom is 0.218 e. The zero-order valence-corrected chi connectivity index (χ0v) is 21.4. The second-order valence-electron chi connectivity index (χ2n) is 8.15. The van der Waals surface area contributed by atoms with Crippen molar-refractivity contribution in [3.63, 3.8) is 0 Å². The Morgan fingerprint density at radius 1 is 1.42 bits per heavy atom. The average molecular weight is 500 g/mol. The highest BCUT2D eigenvalue weighted by atomic mass is 35.5. The Hall–Kier alpha value is -1.52. The van der Waals surface area contributed by atoms with E-state index in [2.05, 4.69) is 29.3 Å². The third-order valence-corrected chi connectivity index (χ3v) is 8.55. The number of rotatable bonds is 7. The largest absolute Gasteiger partial charge is 0.442 e. The predicted octanol–water partition coefficient (Wildman–Crippen LogP) is 7.24. The molecule has 2 aromatic rings. The summed E-state index contributed by atoms with van der Waals surface area (Å²) in [5.74, 6) is 0.432. The topological polar surface area (TPSA) is 61.5 Å². The van der Waals surface area contributed by atoms with Gasteiger partial charge in [0.2, 0.25) is 5.06 Å². The lowest BCUT2D eigenvalue weighted by Crippen LogP contribution is -2.24. The fourth-order valence-electron chi connectivity index (χ4n) is 3.71. The molecule has 1 heterocycles. The van der Waals surface area contributed by atoms with Gasteiger partial charge in [0.25, 0.3) is 0 Å². The van der Waals surface area contributed by atoms with Gasteiger partial charge >= 0.3 is 0 Å². The third kappa shape index (κ3) is 4.02. The highest BCUT2D eigenvalue weighted by Gasteiger charge is 2.75. The monoisotopic (exact) mass is 498 g/mol. The van der Waals surface area contributed by atoms with Crippen molar-refractivity contribution in [3.8, 4) is 16.9 Å². The van der Waals surface area contributed by atoms with Gasteiger partial charge in [-0.2, -0.15) is 9.64 Å². The number of aromatic nitrogens is 1. The number of hydrogen-bond donors (Lipinski definition) is 0. The summed E-state index contributed by atoms with van der Waals surface area (Å²) in [5, 5.41) is 10.6. The summed E-state index contributed by atoms with van der Waals surface area (Å²) in [7, 11) is 1.97. The van der Waals surface area contributed by atoms with E-state index >= 15 is 0 Å². The van der Waals surface area contributed by atoms with Crippen LogP contribution in [0.5, 0.6) is 10.8 Å². The molecular weight excluding hydrogens is 475 g/mol. The standard InChI is InChI=1S/C22H25Cl3N4OS/c1-7-21(14(5)22(21,24)25)19-15(10-26)20(31-28-19)30-18-8-13(4)17(9-16(18)23)27-11-29(6)12(2)3/h8-9,11-12,14H,7H2,1-6H3. The SMILES string of the molecule is CCC1(c2nsc(Oc3cc(C)c(N=CN(C)C(C)C)cc3Cl)c2C#N)C(C)C1(Cl)Cl. The summed E-state index contributed by atoms with van der Waals surface area (Å²) >= 11 is 20.6. The molecule has 1 aromatic carbocycles. The molecule has 0 N–H and O–H groups in total. The summed E-state index contributed by atoms with van der Waals surface area (Å²) in [4.78, 5) is 6.53. The van der Waals surface area contributed by atoms with E-state index < -0.39 is 9.75 Å². The second kappa shape index (κ2) is 8.78. The second-order valence-corrected chi connectivity index (χ2v) is 10.7. The third-order valence-electron chi connectivity index (χ3n) is 6.19. The zero-order chi connectivity index (χ0) is 23.1. The molecule has 1 aliphatic rings. The van der Waals surface area contributed by atoms with Crippen LogP contribution in [0.3, 0.4) is 0 Å². The molecular formula is C22H25Cl3N4OS. The van der Waals surface area contributed by atoms with Crippen LogP contribution in [-0.2, 0) is 5.41 Å². The molecule has 166 valence electrons. The Kier molecular flexibility index (Phi) is 6.84. The summed E-state index contributed by atoms with van der Waals surface area (Å²) in [5.41, 5.74) is 2.05. The molecule has 0 bridgehead atoms. The molecule has 0 aliphatic heterocycles. The van der Waals surface area contributed by atoms with Crippen molar-refractivity contribution in [3.05, 3.63) is 34.0 Å². The van der Waals surface area contributed by atoms with Crippen LogP contribution in [0.25, 0.3) is 0 Å². The minimum Gasteiger partial charge on any atom is -0.442 e. The highest BCUT2D eigenvalue weighted by Crippen LogP contribution is 2.71. The fourth-order valence-corrected chi connectivity index (χ4v) is 5.73. The molecule has 2 atom stereocenters. The predicted molar refractivity (Wildman–Crippen MR) is 130 cm³/mol. The van der Waals surface area contributed by atoms with E-state index in [4.69, 9.17) is 39.5 Å². The number of benzene rings is 1. The number of alkyl halides is 2. The molecule has 3 rings (SSSR count). The lowest BCUT2D eigenvalue weighted by molar-refractivity contribution is 0.429. The molecule has 0 spiro atoms. The summed E-state index contributed by atoms with van der Waals surface area (Å²) in [6, 6.07) is 6.13. The van der Waals surface area contributed by atoms with Crippen molar-refractivity contribution in [2.24, 2.45) is 10.9 Å². The first kappa shape index (κ1) is 24.1. The molecule has 2 unspecified atom stereocenters. The molecule has 0 amide bonds. The summed E-state index contributed by atoms with van der Waals surface area (Å²) in [6.45, 7) is 10.1. The van der Waals surface area contributed by atoms with Crippen LogP contribution in [0, 0.1) is 24.2 Å². The number of aryl methyl sites for hydroxylation is 1. The van der Waals surface area contributed by atoms with E-state index in [1.54, 1.807) is 12.4 Å². The Balaban J connectivity index is 1.92. The highest BCUT2D eigenvalue weighted by molar-refractivity contribution is 7.08. The minimum atomic E-state index is -0.949. The molecule has 9 heteroatoms. The maximum absolute atomic E-state index is 9.84. The van der Waals surface area contributed by atoms with Gasteiger partial charge in [-0.05, 0) is 44.9 Å². The van der Waals surface area contributed by atoms with Crippen LogP contribution in [0.1, 0.15) is 50.9 Å². The van der Waals surface area contributed by atoms with E-state index in [-0.39, 0.29) is 5.92 Å². The minimum absolute atomic E-state index is 0.0117. The number of nitrogens with zero attached hydrogens (tertiary/aromatic N) is 4. The van der Waals surface area contributed by atoms with Crippen LogP contribution < -0.4 is 4.74 Å². The van der Waals surface area contributed by atoms with Crippen LogP contribution in [0.15, 0.2) is 17.1 Å². The smallest absolute Gasteiger partial charge is 0.218 e. The first-order chi connectivity index (χ1) is 14.5. The van der Waals surface area contributed by atoms with Gasteiger partial charge in [0, 0.05) is 30.5 Å². The number of aliphatic imine (C=N–C) groups is 1. The molecule has 0 radical (unpaired) electrons. The van der Waals surface area contributed by atoms with Crippen molar-refractivity contribution in [1.82, 2.24) is 9.27 Å². The van der Waals surface area contributed by atoms with Gasteiger partial charge in [0.05, 0.1) is 28.2 Å². The van der Waals surface area contributed by atoms with E-state index in [0.29, 0.717) is 39.6 Å². The Morgan fingerprint density at radius 3 is 2.58 bits per heavy atom. The molecule has 5 nitrogen and oxygen atoms in total. The summed E-state index contributed by atoms with van der Waals surface area (Å²) < 4.78 is 9.61. The van der Waals surface area contributed by atoms with E-state index in [9.17, 15) is 5.26 Å². The van der Waals surface area contributed by atoms with Gasteiger partial charge in [-0.1, -0.05) is 25.4 Å². The van der Waals surface area contributed by atoms with Crippen molar-refractivity contribution in [2.75, 3.05) is 7.05 Å². The van der Waals surface area contributed by atoms with Gasteiger partial charge in [-0.15, -0.1) is 23.2 Å². The van der Waals surface area contributed by atoms with Crippen LogP contribution >= 0.6 is 46.3 Å². The molecule has 0 saturated heterocycles. The zero-order valence-electron chi connectivity index (χ0n) is 18.3. The van der Waals surface area contributed by atoms with Gasteiger partial charge in [-0.25, -0.2) is 4.99 Å². The van der Waals surface area contributed by atoms with Crippen molar-refractivity contribution < 1.29 is 4.74 Å². The van der Waals surface area contributed by atoms with Gasteiger partial charge in [-0.3, -0.25) is 0 Å². The Bertz CT molecular complexity index is 1060. The Morgan fingerprint density at radius 2 is 2.06 bits per heavy atom. The number of ether oxygens (including phenoxy) is 1. The molecule has 1 fully saturated rings. The molecule has 31 heavy (non-hydrogen) atoms. The number of hydrogen-bond acceptors (Lipinski definition) is 5. The molecule has 1 aromatic heterocycles. The lowest BCUT2D eigenvalue weighted by Gasteiger charge is -2.17. The maximum atomic E-state index is 9.84. The first-order valence-electron chi connectivity index (χ1n) is 10.0. The summed E-state index contributed by atoms with van der Waals surface area (Å²) in [6.07, 6.45) is 2.45. The van der Waals surface area contributed by atoms with E-state index in [1.165, 1.54) is 0 Å². The van der Waals surface area contributed by atoms with E-state index in [1.807, 2.05) is 38.8 Å². The fraction of sp³-hybridized carbons (Fsp3) is 0.500. The first-order valence-corrected chi connectivity index (χ1v) is 11.9. The van der Waals surface area contributed by atoms with Crippen molar-refractivity contribution in [2.45, 2.75) is 56.8 Å².